The molecule has 6 nitrogen and oxygen atoms in total. The van der Waals surface area contributed by atoms with Gasteiger partial charge < -0.3 is 0 Å². The number of aromatic nitrogens is 1. The van der Waals surface area contributed by atoms with Crippen LogP contribution in [0.25, 0.3) is 0 Å². The van der Waals surface area contributed by atoms with Gasteiger partial charge in [0.1, 0.15) is 0 Å². The van der Waals surface area contributed by atoms with E-state index < -0.39 is 15.9 Å². The minimum Gasteiger partial charge on any atom is -0.298 e. The van der Waals surface area contributed by atoms with Crippen LogP contribution in [0.5, 0.6) is 0 Å². The Labute approximate surface area is 178 Å². The lowest BCUT2D eigenvalue weighted by Crippen LogP contribution is -2.24. The molecule has 1 amide bonds. The fraction of sp³-hybridized carbons (Fsp3) is 0.100. The first-order chi connectivity index (χ1) is 13.9. The Hall–Kier alpha value is -2.70. The molecule has 0 aliphatic heterocycles. The van der Waals surface area contributed by atoms with Crippen LogP contribution in [0.3, 0.4) is 0 Å². The lowest BCUT2D eigenvalue weighted by molar-refractivity contribution is 0.102. The number of sulfonamides is 1. The van der Waals surface area contributed by atoms with Crippen LogP contribution in [0, 0.1) is 12.3 Å². The molecule has 2 N–H and O–H groups in total. The topological polar surface area (TPSA) is 88.2 Å². The first kappa shape index (κ1) is 21.0. The van der Waals surface area contributed by atoms with Crippen LogP contribution in [0.15, 0.2) is 59.6 Å². The molecule has 0 radical (unpaired) electrons. The highest BCUT2D eigenvalue weighted by atomic mass is 35.5. The van der Waals surface area contributed by atoms with E-state index in [1.165, 1.54) is 35.6 Å². The van der Waals surface area contributed by atoms with Gasteiger partial charge in [0, 0.05) is 28.1 Å². The van der Waals surface area contributed by atoms with Crippen LogP contribution in [0.4, 0.5) is 5.13 Å². The number of thiazole rings is 1. The van der Waals surface area contributed by atoms with Crippen molar-refractivity contribution in [1.29, 1.82) is 0 Å². The van der Waals surface area contributed by atoms with Crippen molar-refractivity contribution < 1.29 is 13.2 Å². The van der Waals surface area contributed by atoms with Crippen molar-refractivity contribution in [3.05, 3.63) is 75.8 Å². The normalized spacial score (nSPS) is 11.0. The molecular formula is C20H16ClN3O3S2. The molecule has 0 saturated carbocycles. The van der Waals surface area contributed by atoms with E-state index in [9.17, 15) is 13.2 Å². The van der Waals surface area contributed by atoms with Gasteiger partial charge in [-0.05, 0) is 35.9 Å². The van der Waals surface area contributed by atoms with Gasteiger partial charge >= 0.3 is 0 Å². The number of hydrogen-bond donors (Lipinski definition) is 2. The van der Waals surface area contributed by atoms with Crippen LogP contribution < -0.4 is 10.0 Å². The minimum absolute atomic E-state index is 0.0406. The summed E-state index contributed by atoms with van der Waals surface area (Å²) < 4.78 is 26.6. The van der Waals surface area contributed by atoms with Gasteiger partial charge in [-0.1, -0.05) is 35.7 Å². The largest absolute Gasteiger partial charge is 0.298 e. The third-order valence-electron chi connectivity index (χ3n) is 3.81. The minimum atomic E-state index is -3.78. The smallest absolute Gasteiger partial charge is 0.257 e. The first-order valence-corrected chi connectivity index (χ1v) is 11.1. The Bertz CT molecular complexity index is 1180. The summed E-state index contributed by atoms with van der Waals surface area (Å²) in [5.41, 5.74) is 1.23. The van der Waals surface area contributed by atoms with Gasteiger partial charge in [-0.3, -0.25) is 10.1 Å². The van der Waals surface area contributed by atoms with Gasteiger partial charge in [-0.25, -0.2) is 13.4 Å². The Morgan fingerprint density at radius 2 is 2.00 bits per heavy atom. The van der Waals surface area contributed by atoms with E-state index in [4.69, 9.17) is 18.0 Å². The Kier molecular flexibility index (Phi) is 6.67. The molecule has 3 rings (SSSR count). The summed E-state index contributed by atoms with van der Waals surface area (Å²) in [5.74, 6) is 1.75. The fourth-order valence-electron chi connectivity index (χ4n) is 2.49. The van der Waals surface area contributed by atoms with E-state index in [1.807, 2.05) is 18.2 Å². The van der Waals surface area contributed by atoms with Crippen molar-refractivity contribution in [2.45, 2.75) is 11.3 Å². The molecule has 0 fully saturated rings. The second-order valence-corrected chi connectivity index (χ2v) is 9.27. The highest BCUT2D eigenvalue weighted by molar-refractivity contribution is 7.89. The Balaban J connectivity index is 1.70. The van der Waals surface area contributed by atoms with E-state index in [0.717, 1.165) is 10.4 Å². The standard InChI is InChI=1S/C20H16ClN3O3S2/c1-2-9-23-29(26,27)18-8-4-6-15(12-18)19(25)24-20-22-13-17(28-20)11-14-5-3-7-16(21)10-14/h1,3-8,10,12-13,23H,9,11H2,(H,22,24,25). The van der Waals surface area contributed by atoms with E-state index in [0.29, 0.717) is 16.6 Å². The summed E-state index contributed by atoms with van der Waals surface area (Å²) in [6, 6.07) is 13.2. The third-order valence-corrected chi connectivity index (χ3v) is 6.36. The van der Waals surface area contributed by atoms with E-state index in [2.05, 4.69) is 20.9 Å². The first-order valence-electron chi connectivity index (χ1n) is 8.41. The van der Waals surface area contributed by atoms with Crippen LogP contribution in [0.2, 0.25) is 5.02 Å². The number of carbonyl (C=O) groups excluding carboxylic acids is 1. The Morgan fingerprint density at radius 3 is 2.76 bits per heavy atom. The number of nitrogens with one attached hydrogen (secondary N) is 2. The molecule has 0 unspecified atom stereocenters. The summed E-state index contributed by atoms with van der Waals surface area (Å²) in [6.07, 6.45) is 7.41. The summed E-state index contributed by atoms with van der Waals surface area (Å²) in [4.78, 5) is 17.6. The molecular weight excluding hydrogens is 430 g/mol. The van der Waals surface area contributed by atoms with Gasteiger partial charge in [-0.15, -0.1) is 17.8 Å². The van der Waals surface area contributed by atoms with Crippen molar-refractivity contribution in [1.82, 2.24) is 9.71 Å². The second kappa shape index (κ2) is 9.20. The number of benzene rings is 2. The summed E-state index contributed by atoms with van der Waals surface area (Å²) >= 11 is 7.34. The zero-order valence-electron chi connectivity index (χ0n) is 15.1. The molecule has 9 heteroatoms. The number of halogens is 1. The van der Waals surface area contributed by atoms with Crippen LogP contribution >= 0.6 is 22.9 Å². The molecule has 0 bridgehead atoms. The monoisotopic (exact) mass is 445 g/mol. The zero-order valence-corrected chi connectivity index (χ0v) is 17.4. The number of amides is 1. The van der Waals surface area contributed by atoms with Gasteiger partial charge in [-0.2, -0.15) is 4.72 Å². The molecule has 2 aromatic carbocycles. The number of carbonyl (C=O) groups is 1. The van der Waals surface area contributed by atoms with E-state index in [1.54, 1.807) is 12.3 Å². The molecule has 1 heterocycles. The molecule has 0 atom stereocenters. The second-order valence-electron chi connectivity index (χ2n) is 5.95. The lowest BCUT2D eigenvalue weighted by atomic mass is 10.1. The number of nitrogens with zero attached hydrogens (tertiary/aromatic N) is 1. The van der Waals surface area contributed by atoms with Gasteiger partial charge in [0.25, 0.3) is 5.91 Å². The van der Waals surface area contributed by atoms with Crippen molar-refractivity contribution in [3.8, 4) is 12.3 Å². The average molecular weight is 446 g/mol. The van der Waals surface area contributed by atoms with Crippen molar-refractivity contribution in [3.63, 3.8) is 0 Å². The highest BCUT2D eigenvalue weighted by Crippen LogP contribution is 2.23. The van der Waals surface area contributed by atoms with E-state index in [-0.39, 0.29) is 17.0 Å². The fourth-order valence-corrected chi connectivity index (χ4v) is 4.52. The molecule has 148 valence electrons. The lowest BCUT2D eigenvalue weighted by Gasteiger charge is -2.06. The van der Waals surface area contributed by atoms with Gasteiger partial charge in [0.05, 0.1) is 11.4 Å². The number of hydrogen-bond acceptors (Lipinski definition) is 5. The molecule has 3 aromatic rings. The van der Waals surface area contributed by atoms with E-state index >= 15 is 0 Å². The van der Waals surface area contributed by atoms with Gasteiger partial charge in [0.15, 0.2) is 5.13 Å². The molecule has 0 spiro atoms. The van der Waals surface area contributed by atoms with Crippen LogP contribution in [0.1, 0.15) is 20.8 Å². The Morgan fingerprint density at radius 1 is 1.21 bits per heavy atom. The van der Waals surface area contributed by atoms with Gasteiger partial charge in [0.2, 0.25) is 10.0 Å². The molecule has 1 aromatic heterocycles. The molecule has 29 heavy (non-hydrogen) atoms. The number of terminal acetylenes is 1. The van der Waals surface area contributed by atoms with Crippen molar-refractivity contribution in [2.75, 3.05) is 11.9 Å². The number of rotatable bonds is 7. The SMILES string of the molecule is C#CCNS(=O)(=O)c1cccc(C(=O)Nc2ncc(Cc3cccc(Cl)c3)s2)c1. The van der Waals surface area contributed by atoms with Crippen LogP contribution in [-0.2, 0) is 16.4 Å². The molecule has 0 aliphatic rings. The summed E-state index contributed by atoms with van der Waals surface area (Å²) in [5, 5.41) is 3.77. The number of anilines is 1. The van der Waals surface area contributed by atoms with Crippen molar-refractivity contribution >= 4 is 44.0 Å². The maximum Gasteiger partial charge on any atom is 0.257 e. The highest BCUT2D eigenvalue weighted by Gasteiger charge is 2.16. The quantitative estimate of drug-likeness (QED) is 0.544. The summed E-state index contributed by atoms with van der Waals surface area (Å²) in [6.45, 7) is -0.132. The molecule has 0 aliphatic carbocycles. The maximum atomic E-state index is 12.5. The predicted octanol–water partition coefficient (Wildman–Crippen LogP) is 3.55. The maximum absolute atomic E-state index is 12.5. The zero-order chi connectivity index (χ0) is 20.9. The molecule has 0 saturated heterocycles. The van der Waals surface area contributed by atoms with Crippen molar-refractivity contribution in [2.24, 2.45) is 0 Å². The predicted molar refractivity (Wildman–Crippen MR) is 115 cm³/mol. The summed E-state index contributed by atoms with van der Waals surface area (Å²) in [7, 11) is -3.78. The van der Waals surface area contributed by atoms with Crippen LogP contribution in [-0.4, -0.2) is 25.9 Å². The average Bonchev–Trinajstić information content (AvgIpc) is 3.13. The third kappa shape index (κ3) is 5.65.